The van der Waals surface area contributed by atoms with Crippen LogP contribution < -0.4 is 4.72 Å². The Bertz CT molecular complexity index is 541. The fourth-order valence-corrected chi connectivity index (χ4v) is 2.79. The van der Waals surface area contributed by atoms with Gasteiger partial charge in [0.2, 0.25) is 10.0 Å². The van der Waals surface area contributed by atoms with E-state index in [1.165, 1.54) is 18.2 Å². The van der Waals surface area contributed by atoms with Crippen LogP contribution in [-0.4, -0.2) is 39.3 Å². The zero-order valence-electron chi connectivity index (χ0n) is 11.3. The SMILES string of the molecule is CCOCCCNS(=O)(=O)Cc1cccc(C(=O)O)c1. The molecular formula is C13H19NO5S. The minimum Gasteiger partial charge on any atom is -0.478 e. The zero-order chi connectivity index (χ0) is 15.0. The molecule has 0 amide bonds. The van der Waals surface area contributed by atoms with Gasteiger partial charge in [-0.3, -0.25) is 0 Å². The van der Waals surface area contributed by atoms with Crippen molar-refractivity contribution in [1.82, 2.24) is 4.72 Å². The van der Waals surface area contributed by atoms with Crippen LogP contribution in [0.4, 0.5) is 0 Å². The van der Waals surface area contributed by atoms with Crippen LogP contribution in [0.25, 0.3) is 0 Å². The first-order valence-corrected chi connectivity index (χ1v) is 7.97. The van der Waals surface area contributed by atoms with E-state index in [9.17, 15) is 13.2 Å². The summed E-state index contributed by atoms with van der Waals surface area (Å²) in [5.74, 6) is -1.31. The van der Waals surface area contributed by atoms with Crippen molar-refractivity contribution in [3.05, 3.63) is 35.4 Å². The van der Waals surface area contributed by atoms with Gasteiger partial charge in [-0.05, 0) is 31.0 Å². The molecule has 0 heterocycles. The lowest BCUT2D eigenvalue weighted by molar-refractivity contribution is 0.0696. The van der Waals surface area contributed by atoms with Gasteiger partial charge in [-0.25, -0.2) is 17.9 Å². The highest BCUT2D eigenvalue weighted by Gasteiger charge is 2.12. The van der Waals surface area contributed by atoms with Gasteiger partial charge in [-0.15, -0.1) is 0 Å². The van der Waals surface area contributed by atoms with Gasteiger partial charge in [0, 0.05) is 19.8 Å². The molecule has 0 unspecified atom stereocenters. The van der Waals surface area contributed by atoms with Crippen molar-refractivity contribution in [3.8, 4) is 0 Å². The molecule has 0 saturated carbocycles. The van der Waals surface area contributed by atoms with Crippen LogP contribution in [0.15, 0.2) is 24.3 Å². The Morgan fingerprint density at radius 2 is 2.15 bits per heavy atom. The van der Waals surface area contributed by atoms with Gasteiger partial charge >= 0.3 is 5.97 Å². The number of carboxylic acid groups (broad SMARTS) is 1. The van der Waals surface area contributed by atoms with Crippen molar-refractivity contribution in [3.63, 3.8) is 0 Å². The van der Waals surface area contributed by atoms with Crippen LogP contribution in [0.2, 0.25) is 0 Å². The standard InChI is InChI=1S/C13H19NO5S/c1-2-19-8-4-7-14-20(17,18)10-11-5-3-6-12(9-11)13(15)16/h3,5-6,9,14H,2,4,7-8,10H2,1H3,(H,15,16). The van der Waals surface area contributed by atoms with Crippen molar-refractivity contribution in [2.24, 2.45) is 0 Å². The normalized spacial score (nSPS) is 11.4. The minimum atomic E-state index is -3.46. The number of nitrogens with one attached hydrogen (secondary N) is 1. The van der Waals surface area contributed by atoms with Crippen molar-refractivity contribution < 1.29 is 23.1 Å². The summed E-state index contributed by atoms with van der Waals surface area (Å²) >= 11 is 0. The molecule has 0 radical (unpaired) electrons. The fourth-order valence-electron chi connectivity index (χ4n) is 1.61. The highest BCUT2D eigenvalue weighted by molar-refractivity contribution is 7.88. The average molecular weight is 301 g/mol. The van der Waals surface area contributed by atoms with E-state index < -0.39 is 16.0 Å². The van der Waals surface area contributed by atoms with E-state index in [-0.39, 0.29) is 11.3 Å². The van der Waals surface area contributed by atoms with Crippen LogP contribution in [-0.2, 0) is 20.5 Å². The zero-order valence-corrected chi connectivity index (χ0v) is 12.1. The lowest BCUT2D eigenvalue weighted by atomic mass is 10.1. The fraction of sp³-hybridized carbons (Fsp3) is 0.462. The maximum Gasteiger partial charge on any atom is 0.335 e. The molecule has 0 bridgehead atoms. The van der Waals surface area contributed by atoms with E-state index in [0.29, 0.717) is 31.7 Å². The molecule has 0 aliphatic heterocycles. The molecule has 1 aromatic carbocycles. The Morgan fingerprint density at radius 1 is 1.40 bits per heavy atom. The van der Waals surface area contributed by atoms with E-state index in [2.05, 4.69) is 4.72 Å². The lowest BCUT2D eigenvalue weighted by Gasteiger charge is -2.07. The number of hydrogen-bond donors (Lipinski definition) is 2. The number of hydrogen-bond acceptors (Lipinski definition) is 4. The number of ether oxygens (including phenoxy) is 1. The number of carbonyl (C=O) groups is 1. The second-order valence-electron chi connectivity index (χ2n) is 4.21. The molecular weight excluding hydrogens is 282 g/mol. The van der Waals surface area contributed by atoms with E-state index >= 15 is 0 Å². The summed E-state index contributed by atoms with van der Waals surface area (Å²) in [7, 11) is -3.46. The maximum absolute atomic E-state index is 11.8. The molecule has 0 aromatic heterocycles. The Balaban J connectivity index is 2.53. The quantitative estimate of drug-likeness (QED) is 0.669. The van der Waals surface area contributed by atoms with E-state index in [1.807, 2.05) is 6.92 Å². The third-order valence-corrected chi connectivity index (χ3v) is 3.88. The lowest BCUT2D eigenvalue weighted by Crippen LogP contribution is -2.27. The molecule has 0 aliphatic carbocycles. The second-order valence-corrected chi connectivity index (χ2v) is 6.02. The first-order chi connectivity index (χ1) is 9.44. The predicted octanol–water partition coefficient (Wildman–Crippen LogP) is 1.23. The monoisotopic (exact) mass is 301 g/mol. The van der Waals surface area contributed by atoms with E-state index in [1.54, 1.807) is 6.07 Å². The number of rotatable bonds is 9. The van der Waals surface area contributed by atoms with Gasteiger partial charge in [0.25, 0.3) is 0 Å². The molecule has 0 spiro atoms. The van der Waals surface area contributed by atoms with Crippen LogP contribution in [0, 0.1) is 0 Å². The summed E-state index contributed by atoms with van der Waals surface area (Å²) in [6.45, 7) is 3.29. The predicted molar refractivity (Wildman–Crippen MR) is 75.1 cm³/mol. The van der Waals surface area contributed by atoms with Gasteiger partial charge in [0.15, 0.2) is 0 Å². The largest absolute Gasteiger partial charge is 0.478 e. The summed E-state index contributed by atoms with van der Waals surface area (Å²) in [4.78, 5) is 10.8. The smallest absolute Gasteiger partial charge is 0.335 e. The van der Waals surface area contributed by atoms with Crippen LogP contribution in [0.5, 0.6) is 0 Å². The van der Waals surface area contributed by atoms with Crippen molar-refractivity contribution in [1.29, 1.82) is 0 Å². The Hall–Kier alpha value is -1.44. The number of benzene rings is 1. The molecule has 6 nitrogen and oxygen atoms in total. The molecule has 1 aromatic rings. The first kappa shape index (κ1) is 16.6. The molecule has 0 fully saturated rings. The molecule has 2 N–H and O–H groups in total. The van der Waals surface area contributed by atoms with E-state index in [4.69, 9.17) is 9.84 Å². The van der Waals surface area contributed by atoms with Crippen molar-refractivity contribution in [2.45, 2.75) is 19.1 Å². The molecule has 20 heavy (non-hydrogen) atoms. The number of carboxylic acids is 1. The Morgan fingerprint density at radius 3 is 2.80 bits per heavy atom. The summed E-state index contributed by atoms with van der Waals surface area (Å²) in [5.41, 5.74) is 0.524. The third kappa shape index (κ3) is 6.14. The highest BCUT2D eigenvalue weighted by Crippen LogP contribution is 2.08. The van der Waals surface area contributed by atoms with Gasteiger partial charge in [-0.1, -0.05) is 12.1 Å². The topological polar surface area (TPSA) is 92.7 Å². The minimum absolute atomic E-state index is 0.0778. The second kappa shape index (κ2) is 7.98. The third-order valence-electron chi connectivity index (χ3n) is 2.52. The average Bonchev–Trinajstić information content (AvgIpc) is 2.38. The Labute approximate surface area is 118 Å². The number of aromatic carboxylic acids is 1. The van der Waals surface area contributed by atoms with Gasteiger partial charge in [0.05, 0.1) is 11.3 Å². The highest BCUT2D eigenvalue weighted by atomic mass is 32.2. The molecule has 0 aliphatic rings. The first-order valence-electron chi connectivity index (χ1n) is 6.32. The molecule has 1 rings (SSSR count). The Kier molecular flexibility index (Phi) is 6.63. The van der Waals surface area contributed by atoms with E-state index in [0.717, 1.165) is 0 Å². The van der Waals surface area contributed by atoms with Gasteiger partial charge in [0.1, 0.15) is 0 Å². The van der Waals surface area contributed by atoms with Gasteiger partial charge in [-0.2, -0.15) is 0 Å². The maximum atomic E-state index is 11.8. The molecule has 7 heteroatoms. The van der Waals surface area contributed by atoms with Crippen molar-refractivity contribution >= 4 is 16.0 Å². The molecule has 0 atom stereocenters. The van der Waals surface area contributed by atoms with Crippen LogP contribution in [0.1, 0.15) is 29.3 Å². The molecule has 112 valence electrons. The van der Waals surface area contributed by atoms with Gasteiger partial charge < -0.3 is 9.84 Å². The summed E-state index contributed by atoms with van der Waals surface area (Å²) in [6.07, 6.45) is 0.599. The van der Waals surface area contributed by atoms with Crippen molar-refractivity contribution in [2.75, 3.05) is 19.8 Å². The molecule has 0 saturated heterocycles. The summed E-state index contributed by atoms with van der Waals surface area (Å²) in [6, 6.07) is 5.91. The summed E-state index contributed by atoms with van der Waals surface area (Å²) in [5, 5.41) is 8.85. The number of sulfonamides is 1. The summed E-state index contributed by atoms with van der Waals surface area (Å²) < 4.78 is 31.2. The van der Waals surface area contributed by atoms with Crippen LogP contribution >= 0.6 is 0 Å². The van der Waals surface area contributed by atoms with Crippen LogP contribution in [0.3, 0.4) is 0 Å².